The number of para-hydroxylation sites is 2. The fraction of sp³-hybridized carbons (Fsp3) is 0.0952. The molecule has 24 heavy (non-hydrogen) atoms. The van der Waals surface area contributed by atoms with Crippen molar-refractivity contribution in [2.75, 3.05) is 11.5 Å². The Morgan fingerprint density at radius 1 is 0.792 bits per heavy atom. The van der Waals surface area contributed by atoms with Crippen LogP contribution in [0, 0.1) is 0 Å². The molecule has 0 aliphatic carbocycles. The number of ether oxygens (including phenoxy) is 1. The molecule has 0 bridgehead atoms. The highest BCUT2D eigenvalue weighted by molar-refractivity contribution is 5.91. The van der Waals surface area contributed by atoms with Gasteiger partial charge >= 0.3 is 5.97 Å². The van der Waals surface area contributed by atoms with E-state index in [1.54, 1.807) is 6.07 Å². The first kappa shape index (κ1) is 15.8. The molecule has 120 valence electrons. The second-order valence-corrected chi connectivity index (χ2v) is 5.28. The molecular weight excluding hydrogens is 298 g/mol. The van der Waals surface area contributed by atoms with E-state index in [0.717, 1.165) is 17.1 Å². The van der Waals surface area contributed by atoms with Gasteiger partial charge < -0.3 is 9.64 Å². The van der Waals surface area contributed by atoms with Crippen LogP contribution in [-0.4, -0.2) is 12.6 Å². The van der Waals surface area contributed by atoms with Crippen LogP contribution in [-0.2, 0) is 4.74 Å². The van der Waals surface area contributed by atoms with Crippen molar-refractivity contribution in [1.82, 2.24) is 0 Å². The van der Waals surface area contributed by atoms with E-state index in [-0.39, 0.29) is 5.97 Å². The molecule has 0 aliphatic heterocycles. The molecule has 0 atom stereocenters. The Morgan fingerprint density at radius 3 is 1.88 bits per heavy atom. The Balaban J connectivity index is 2.07. The molecule has 3 nitrogen and oxygen atoms in total. The van der Waals surface area contributed by atoms with Crippen LogP contribution >= 0.6 is 0 Å². The third kappa shape index (κ3) is 3.46. The topological polar surface area (TPSA) is 29.5 Å². The Kier molecular flexibility index (Phi) is 4.92. The number of benzene rings is 3. The van der Waals surface area contributed by atoms with Crippen LogP contribution < -0.4 is 4.90 Å². The molecule has 3 heteroatoms. The minimum Gasteiger partial charge on any atom is -0.462 e. The van der Waals surface area contributed by atoms with Crippen molar-refractivity contribution in [3.8, 4) is 0 Å². The summed E-state index contributed by atoms with van der Waals surface area (Å²) in [6, 6.07) is 27.7. The van der Waals surface area contributed by atoms with E-state index in [9.17, 15) is 4.79 Å². The van der Waals surface area contributed by atoms with Crippen molar-refractivity contribution in [3.05, 3.63) is 90.5 Å². The largest absolute Gasteiger partial charge is 0.462 e. The maximum absolute atomic E-state index is 12.1. The molecule has 0 heterocycles. The van der Waals surface area contributed by atoms with Crippen LogP contribution in [0.25, 0.3) is 0 Å². The smallest absolute Gasteiger partial charge is 0.338 e. The third-order valence-corrected chi connectivity index (χ3v) is 3.64. The van der Waals surface area contributed by atoms with Gasteiger partial charge in [0.15, 0.2) is 0 Å². The summed E-state index contributed by atoms with van der Waals surface area (Å²) in [5.74, 6) is -0.305. The number of hydrogen-bond acceptors (Lipinski definition) is 3. The van der Waals surface area contributed by atoms with Crippen LogP contribution in [0.5, 0.6) is 0 Å². The maximum atomic E-state index is 12.1. The Labute approximate surface area is 142 Å². The lowest BCUT2D eigenvalue weighted by atomic mass is 10.1. The van der Waals surface area contributed by atoms with Crippen LogP contribution in [0.1, 0.15) is 17.3 Å². The van der Waals surface area contributed by atoms with E-state index in [4.69, 9.17) is 4.74 Å². The van der Waals surface area contributed by atoms with Gasteiger partial charge in [0.05, 0.1) is 12.2 Å². The van der Waals surface area contributed by atoms with Crippen molar-refractivity contribution in [1.29, 1.82) is 0 Å². The molecule has 0 aliphatic rings. The molecule has 3 rings (SSSR count). The van der Waals surface area contributed by atoms with E-state index >= 15 is 0 Å². The molecular formula is C21H19NO2. The summed E-state index contributed by atoms with van der Waals surface area (Å²) in [6.07, 6.45) is 0. The van der Waals surface area contributed by atoms with Crippen molar-refractivity contribution < 1.29 is 9.53 Å². The molecule has 0 spiro atoms. The molecule has 0 fully saturated rings. The minimum atomic E-state index is -0.305. The quantitative estimate of drug-likeness (QED) is 0.595. The van der Waals surface area contributed by atoms with Gasteiger partial charge in [0, 0.05) is 17.1 Å². The predicted molar refractivity (Wildman–Crippen MR) is 97.1 cm³/mol. The lowest BCUT2D eigenvalue weighted by Gasteiger charge is -2.25. The average Bonchev–Trinajstić information content (AvgIpc) is 2.64. The van der Waals surface area contributed by atoms with Gasteiger partial charge in [0.25, 0.3) is 0 Å². The second-order valence-electron chi connectivity index (χ2n) is 5.28. The van der Waals surface area contributed by atoms with Gasteiger partial charge in [-0.15, -0.1) is 0 Å². The zero-order valence-electron chi connectivity index (χ0n) is 13.6. The van der Waals surface area contributed by atoms with E-state index in [2.05, 4.69) is 4.90 Å². The lowest BCUT2D eigenvalue weighted by molar-refractivity contribution is 0.0526. The molecule has 0 aromatic heterocycles. The Morgan fingerprint density at radius 2 is 1.33 bits per heavy atom. The Bertz CT molecular complexity index is 761. The Hall–Kier alpha value is -3.07. The maximum Gasteiger partial charge on any atom is 0.338 e. The number of nitrogens with zero attached hydrogens (tertiary/aromatic N) is 1. The van der Waals surface area contributed by atoms with Gasteiger partial charge in [-0.1, -0.05) is 42.5 Å². The highest BCUT2D eigenvalue weighted by Gasteiger charge is 2.14. The number of esters is 1. The van der Waals surface area contributed by atoms with E-state index in [1.807, 2.05) is 85.8 Å². The number of rotatable bonds is 5. The number of anilines is 3. The summed E-state index contributed by atoms with van der Waals surface area (Å²) < 4.78 is 5.12. The first-order chi connectivity index (χ1) is 11.8. The molecule has 0 saturated carbocycles. The van der Waals surface area contributed by atoms with Crippen molar-refractivity contribution in [3.63, 3.8) is 0 Å². The minimum absolute atomic E-state index is 0.305. The summed E-state index contributed by atoms with van der Waals surface area (Å²) in [4.78, 5) is 14.2. The molecule has 0 unspecified atom stereocenters. The predicted octanol–water partition coefficient (Wildman–Crippen LogP) is 5.33. The normalized spacial score (nSPS) is 10.2. The summed E-state index contributed by atoms with van der Waals surface area (Å²) in [7, 11) is 0. The molecule has 0 radical (unpaired) electrons. The van der Waals surface area contributed by atoms with Crippen LogP contribution in [0.15, 0.2) is 84.9 Å². The third-order valence-electron chi connectivity index (χ3n) is 3.64. The van der Waals surface area contributed by atoms with Crippen molar-refractivity contribution >= 4 is 23.0 Å². The summed E-state index contributed by atoms with van der Waals surface area (Å²) in [5, 5.41) is 0. The zero-order chi connectivity index (χ0) is 16.8. The van der Waals surface area contributed by atoms with Crippen LogP contribution in [0.2, 0.25) is 0 Å². The average molecular weight is 317 g/mol. The van der Waals surface area contributed by atoms with Gasteiger partial charge in [-0.2, -0.15) is 0 Å². The highest BCUT2D eigenvalue weighted by atomic mass is 16.5. The molecule has 0 N–H and O–H groups in total. The number of carbonyl (C=O) groups is 1. The monoisotopic (exact) mass is 317 g/mol. The first-order valence-corrected chi connectivity index (χ1v) is 7.97. The number of carbonyl (C=O) groups excluding carboxylic acids is 1. The van der Waals surface area contributed by atoms with Gasteiger partial charge in [-0.25, -0.2) is 4.79 Å². The van der Waals surface area contributed by atoms with E-state index in [1.165, 1.54) is 0 Å². The van der Waals surface area contributed by atoms with Gasteiger partial charge in [-0.3, -0.25) is 0 Å². The first-order valence-electron chi connectivity index (χ1n) is 7.97. The van der Waals surface area contributed by atoms with Crippen LogP contribution in [0.3, 0.4) is 0 Å². The second kappa shape index (κ2) is 7.47. The molecule has 3 aromatic carbocycles. The fourth-order valence-electron chi connectivity index (χ4n) is 2.59. The molecule has 3 aromatic rings. The zero-order valence-corrected chi connectivity index (χ0v) is 13.6. The molecule has 0 saturated heterocycles. The van der Waals surface area contributed by atoms with Gasteiger partial charge in [0.1, 0.15) is 0 Å². The summed E-state index contributed by atoms with van der Waals surface area (Å²) in [5.41, 5.74) is 3.53. The summed E-state index contributed by atoms with van der Waals surface area (Å²) in [6.45, 7) is 2.17. The SMILES string of the molecule is CCOC(=O)c1cccc(N(c2ccccc2)c2ccccc2)c1. The van der Waals surface area contributed by atoms with Crippen LogP contribution in [0.4, 0.5) is 17.1 Å². The van der Waals surface area contributed by atoms with E-state index < -0.39 is 0 Å². The summed E-state index contributed by atoms with van der Waals surface area (Å²) >= 11 is 0. The van der Waals surface area contributed by atoms with Gasteiger partial charge in [0.2, 0.25) is 0 Å². The van der Waals surface area contributed by atoms with Crippen molar-refractivity contribution in [2.24, 2.45) is 0 Å². The lowest BCUT2D eigenvalue weighted by Crippen LogP contribution is -2.11. The highest BCUT2D eigenvalue weighted by Crippen LogP contribution is 2.34. The van der Waals surface area contributed by atoms with E-state index in [0.29, 0.717) is 12.2 Å². The van der Waals surface area contributed by atoms with Gasteiger partial charge in [-0.05, 0) is 49.4 Å². The standard InChI is InChI=1S/C21H19NO2/c1-2-24-21(23)17-10-9-15-20(16-17)22(18-11-5-3-6-12-18)19-13-7-4-8-14-19/h3-16H,2H2,1H3. The molecule has 0 amide bonds. The number of hydrogen-bond donors (Lipinski definition) is 0. The van der Waals surface area contributed by atoms with Crippen molar-refractivity contribution in [2.45, 2.75) is 6.92 Å². The fourth-order valence-corrected chi connectivity index (χ4v) is 2.59.